The second-order valence-electron chi connectivity index (χ2n) is 10.0. The van der Waals surface area contributed by atoms with Crippen molar-refractivity contribution in [2.24, 2.45) is 0 Å². The number of anilines is 1. The maximum absolute atomic E-state index is 12.5. The van der Waals surface area contributed by atoms with Crippen LogP contribution in [-0.2, 0) is 34.6 Å². The van der Waals surface area contributed by atoms with Gasteiger partial charge in [0.05, 0.1) is 24.8 Å². The zero-order valence-corrected chi connectivity index (χ0v) is 23.8. The van der Waals surface area contributed by atoms with Gasteiger partial charge in [-0.25, -0.2) is 4.68 Å². The van der Waals surface area contributed by atoms with Gasteiger partial charge in [0, 0.05) is 20.3 Å². The molecule has 5 atom stereocenters. The molecular formula is C25H33ClN5O6P. The standard InChI is InChI=1S/C25H33ClN5O6P/c1-6-34-38(5,32)15-33-14-18-19-20(37-25(2,3)36-19)23(35-18)31-22-17(12-27-31)21(28-24(26)29-22)30(4)13-16-10-8-7-9-11-16/h7-12,18-20,23H,6,13-15H2,1-5H3/t18-,19-,20-,23-,38?/m1/s1. The Morgan fingerprint density at radius 2 is 1.92 bits per heavy atom. The minimum atomic E-state index is -2.85. The predicted octanol–water partition coefficient (Wildman–Crippen LogP) is 4.45. The van der Waals surface area contributed by atoms with Crippen molar-refractivity contribution in [1.29, 1.82) is 0 Å². The van der Waals surface area contributed by atoms with Gasteiger partial charge in [0.2, 0.25) is 12.7 Å². The summed E-state index contributed by atoms with van der Waals surface area (Å²) in [5, 5.41) is 5.45. The first kappa shape index (κ1) is 27.5. The first-order valence-electron chi connectivity index (χ1n) is 12.5. The van der Waals surface area contributed by atoms with E-state index in [1.807, 2.05) is 44.0 Å². The first-order chi connectivity index (χ1) is 18.1. The van der Waals surface area contributed by atoms with Gasteiger partial charge < -0.3 is 28.4 Å². The van der Waals surface area contributed by atoms with E-state index in [0.29, 0.717) is 24.6 Å². The molecule has 4 heterocycles. The van der Waals surface area contributed by atoms with Crippen LogP contribution in [0.5, 0.6) is 0 Å². The molecular weight excluding hydrogens is 533 g/mol. The summed E-state index contributed by atoms with van der Waals surface area (Å²) in [6.45, 7) is 8.20. The lowest BCUT2D eigenvalue weighted by Gasteiger charge is -2.25. The van der Waals surface area contributed by atoms with Gasteiger partial charge in [0.15, 0.2) is 17.7 Å². The number of hydrogen-bond acceptors (Lipinski definition) is 10. The number of hydrogen-bond donors (Lipinski definition) is 0. The van der Waals surface area contributed by atoms with Crippen LogP contribution < -0.4 is 4.90 Å². The Hall–Kier alpha value is -2.11. The van der Waals surface area contributed by atoms with Crippen molar-refractivity contribution in [3.8, 4) is 0 Å². The van der Waals surface area contributed by atoms with Crippen LogP contribution in [0.4, 0.5) is 5.82 Å². The molecule has 0 saturated carbocycles. The third-order valence-corrected chi connectivity index (χ3v) is 8.03. The number of ether oxygens (including phenoxy) is 4. The Labute approximate surface area is 226 Å². The molecule has 0 spiro atoms. The fourth-order valence-electron chi connectivity index (χ4n) is 4.93. The topological polar surface area (TPSA) is 110 Å². The molecule has 0 amide bonds. The van der Waals surface area contributed by atoms with E-state index in [2.05, 4.69) is 27.2 Å². The van der Waals surface area contributed by atoms with Crippen molar-refractivity contribution in [3.63, 3.8) is 0 Å². The number of nitrogens with zero attached hydrogens (tertiary/aromatic N) is 5. The molecule has 0 radical (unpaired) electrons. The van der Waals surface area contributed by atoms with E-state index in [1.54, 1.807) is 24.5 Å². The average Bonchev–Trinajstić information content (AvgIpc) is 3.50. The normalized spacial score (nSPS) is 25.9. The van der Waals surface area contributed by atoms with E-state index in [1.165, 1.54) is 0 Å². The van der Waals surface area contributed by atoms with Crippen LogP contribution in [0.2, 0.25) is 5.28 Å². The fourth-order valence-corrected chi connectivity index (χ4v) is 6.15. The van der Waals surface area contributed by atoms with E-state index in [4.69, 9.17) is 35.1 Å². The predicted molar refractivity (Wildman–Crippen MR) is 143 cm³/mol. The lowest BCUT2D eigenvalue weighted by Crippen LogP contribution is -2.33. The van der Waals surface area contributed by atoms with Crippen molar-refractivity contribution >= 4 is 35.8 Å². The van der Waals surface area contributed by atoms with Gasteiger partial charge >= 0.3 is 0 Å². The Morgan fingerprint density at radius 1 is 1.18 bits per heavy atom. The monoisotopic (exact) mass is 565 g/mol. The second-order valence-corrected chi connectivity index (χ2v) is 12.9. The van der Waals surface area contributed by atoms with Gasteiger partial charge in [-0.3, -0.25) is 4.57 Å². The molecule has 3 aromatic rings. The van der Waals surface area contributed by atoms with Gasteiger partial charge in [0.25, 0.3) is 0 Å². The largest absolute Gasteiger partial charge is 0.369 e. The lowest BCUT2D eigenvalue weighted by molar-refractivity contribution is -0.202. The molecule has 2 saturated heterocycles. The molecule has 1 unspecified atom stereocenters. The molecule has 5 rings (SSSR count). The summed E-state index contributed by atoms with van der Waals surface area (Å²) >= 11 is 6.38. The van der Waals surface area contributed by atoms with E-state index in [9.17, 15) is 4.57 Å². The van der Waals surface area contributed by atoms with Crippen LogP contribution in [0.25, 0.3) is 11.0 Å². The van der Waals surface area contributed by atoms with Crippen molar-refractivity contribution in [3.05, 3.63) is 47.4 Å². The van der Waals surface area contributed by atoms with Gasteiger partial charge in [-0.15, -0.1) is 0 Å². The Bertz CT molecular complexity index is 1320. The minimum absolute atomic E-state index is 0.0162. The summed E-state index contributed by atoms with van der Waals surface area (Å²) < 4.78 is 44.0. The van der Waals surface area contributed by atoms with E-state index in [-0.39, 0.29) is 18.2 Å². The van der Waals surface area contributed by atoms with Crippen molar-refractivity contribution in [2.75, 3.05) is 38.2 Å². The first-order valence-corrected chi connectivity index (χ1v) is 15.2. The summed E-state index contributed by atoms with van der Waals surface area (Å²) in [6.07, 6.45) is -0.327. The van der Waals surface area contributed by atoms with Crippen LogP contribution in [0, 0.1) is 0 Å². The average molecular weight is 566 g/mol. The highest BCUT2D eigenvalue weighted by atomic mass is 35.5. The fraction of sp³-hybridized carbons (Fsp3) is 0.560. The maximum atomic E-state index is 12.5. The smallest absolute Gasteiger partial charge is 0.226 e. The molecule has 2 aliphatic rings. The maximum Gasteiger partial charge on any atom is 0.226 e. The molecule has 13 heteroatoms. The number of rotatable bonds is 10. The number of benzene rings is 1. The molecule has 0 N–H and O–H groups in total. The van der Waals surface area contributed by atoms with Crippen LogP contribution in [0.1, 0.15) is 32.6 Å². The van der Waals surface area contributed by atoms with E-state index >= 15 is 0 Å². The van der Waals surface area contributed by atoms with Crippen LogP contribution in [0.15, 0.2) is 36.5 Å². The van der Waals surface area contributed by atoms with Crippen molar-refractivity contribution in [2.45, 2.75) is 57.6 Å². The minimum Gasteiger partial charge on any atom is -0.369 e. The Morgan fingerprint density at radius 3 is 2.66 bits per heavy atom. The number of halogens is 1. The SMILES string of the molecule is CCOP(C)(=O)COC[C@H]1O[C@@H](n2ncc3c(N(C)Cc4ccccc4)nc(Cl)nc32)[C@@H]2OC(C)(C)O[C@@H]21. The van der Waals surface area contributed by atoms with Gasteiger partial charge in [-0.05, 0) is 37.9 Å². The highest BCUT2D eigenvalue weighted by molar-refractivity contribution is 7.57. The zero-order chi connectivity index (χ0) is 27.1. The Kier molecular flexibility index (Phi) is 7.81. The molecule has 1 aromatic carbocycles. The molecule has 0 aliphatic carbocycles. The molecule has 2 aliphatic heterocycles. The summed E-state index contributed by atoms with van der Waals surface area (Å²) in [5.41, 5.74) is 1.66. The molecule has 2 aromatic heterocycles. The summed E-state index contributed by atoms with van der Waals surface area (Å²) in [5.74, 6) is -0.166. The molecule has 2 fully saturated rings. The third-order valence-electron chi connectivity index (χ3n) is 6.41. The third kappa shape index (κ3) is 5.74. The van der Waals surface area contributed by atoms with Gasteiger partial charge in [0.1, 0.15) is 30.5 Å². The van der Waals surface area contributed by atoms with Crippen LogP contribution in [0.3, 0.4) is 0 Å². The zero-order valence-electron chi connectivity index (χ0n) is 22.1. The summed E-state index contributed by atoms with van der Waals surface area (Å²) in [4.78, 5) is 11.0. The summed E-state index contributed by atoms with van der Waals surface area (Å²) in [7, 11) is -0.901. The quantitative estimate of drug-likeness (QED) is 0.258. The molecule has 206 valence electrons. The van der Waals surface area contributed by atoms with E-state index in [0.717, 1.165) is 10.9 Å². The molecule has 0 bridgehead atoms. The van der Waals surface area contributed by atoms with Crippen molar-refractivity contribution in [1.82, 2.24) is 19.7 Å². The van der Waals surface area contributed by atoms with Gasteiger partial charge in [-0.2, -0.15) is 15.1 Å². The summed E-state index contributed by atoms with van der Waals surface area (Å²) in [6, 6.07) is 10.1. The molecule has 11 nitrogen and oxygen atoms in total. The number of aromatic nitrogens is 4. The highest BCUT2D eigenvalue weighted by Crippen LogP contribution is 2.45. The van der Waals surface area contributed by atoms with Crippen LogP contribution >= 0.6 is 19.0 Å². The molecule has 38 heavy (non-hydrogen) atoms. The van der Waals surface area contributed by atoms with Crippen LogP contribution in [-0.4, -0.2) is 77.1 Å². The Balaban J connectivity index is 1.41. The van der Waals surface area contributed by atoms with Crippen molar-refractivity contribution < 1.29 is 28.0 Å². The number of fused-ring (bicyclic) bond motifs is 2. The second kappa shape index (κ2) is 10.8. The highest BCUT2D eigenvalue weighted by Gasteiger charge is 2.56. The van der Waals surface area contributed by atoms with E-state index < -0.39 is 37.7 Å². The lowest BCUT2D eigenvalue weighted by atomic mass is 10.1. The van der Waals surface area contributed by atoms with Gasteiger partial charge in [-0.1, -0.05) is 30.3 Å².